The van der Waals surface area contributed by atoms with Crippen molar-refractivity contribution in [3.8, 4) is 0 Å². The lowest BCUT2D eigenvalue weighted by Crippen LogP contribution is -2.42. The van der Waals surface area contributed by atoms with Gasteiger partial charge < -0.3 is 10.6 Å². The maximum absolute atomic E-state index is 12.0. The first kappa shape index (κ1) is 15.1. The molecule has 0 saturated heterocycles. The van der Waals surface area contributed by atoms with Crippen molar-refractivity contribution in [1.82, 2.24) is 10.6 Å². The average Bonchev–Trinajstić information content (AvgIpc) is 2.48. The summed E-state index contributed by atoms with van der Waals surface area (Å²) in [4.78, 5) is 12.0. The van der Waals surface area contributed by atoms with Crippen molar-refractivity contribution >= 4 is 6.03 Å². The van der Waals surface area contributed by atoms with Crippen LogP contribution in [0.1, 0.15) is 31.0 Å². The second-order valence-corrected chi connectivity index (χ2v) is 5.34. The van der Waals surface area contributed by atoms with E-state index in [2.05, 4.69) is 22.8 Å². The van der Waals surface area contributed by atoms with Gasteiger partial charge in [-0.25, -0.2) is 4.79 Å². The fourth-order valence-electron chi connectivity index (χ4n) is 2.31. The molecule has 0 aliphatic rings. The first-order valence-corrected chi connectivity index (χ1v) is 7.31. The predicted molar refractivity (Wildman–Crippen MR) is 86.1 cm³/mol. The van der Waals surface area contributed by atoms with Crippen molar-refractivity contribution in [3.63, 3.8) is 0 Å². The van der Waals surface area contributed by atoms with E-state index < -0.39 is 0 Å². The number of hydrogen-bond acceptors (Lipinski definition) is 1. The highest BCUT2D eigenvalue weighted by Crippen LogP contribution is 2.10. The molecule has 2 amide bonds. The number of urea groups is 1. The van der Waals surface area contributed by atoms with Gasteiger partial charge in [-0.05, 0) is 31.4 Å². The molecular formula is C18H22N2O. The molecule has 0 saturated carbocycles. The number of rotatable bonds is 5. The quantitative estimate of drug-likeness (QED) is 0.863. The summed E-state index contributed by atoms with van der Waals surface area (Å²) in [5.74, 6) is 0. The van der Waals surface area contributed by atoms with Crippen molar-refractivity contribution in [3.05, 3.63) is 71.8 Å². The largest absolute Gasteiger partial charge is 0.335 e. The molecule has 0 fully saturated rings. The Balaban J connectivity index is 1.81. The van der Waals surface area contributed by atoms with Crippen LogP contribution in [0.15, 0.2) is 60.7 Å². The van der Waals surface area contributed by atoms with Crippen LogP contribution in [0.3, 0.4) is 0 Å². The second kappa shape index (κ2) is 7.48. The second-order valence-electron chi connectivity index (χ2n) is 5.34. The maximum Gasteiger partial charge on any atom is 0.315 e. The van der Waals surface area contributed by atoms with E-state index in [1.165, 1.54) is 5.56 Å². The molecule has 0 aliphatic carbocycles. The summed E-state index contributed by atoms with van der Waals surface area (Å²) in [6.07, 6.45) is 0.827. The fourth-order valence-corrected chi connectivity index (χ4v) is 2.31. The normalized spacial score (nSPS) is 13.2. The lowest BCUT2D eigenvalue weighted by molar-refractivity contribution is 0.234. The molecule has 0 radical (unpaired) electrons. The summed E-state index contributed by atoms with van der Waals surface area (Å²) in [7, 11) is 0. The van der Waals surface area contributed by atoms with Crippen molar-refractivity contribution in [2.75, 3.05) is 0 Å². The van der Waals surface area contributed by atoms with Crippen LogP contribution >= 0.6 is 0 Å². The van der Waals surface area contributed by atoms with E-state index in [0.29, 0.717) is 0 Å². The molecule has 0 heterocycles. The summed E-state index contributed by atoms with van der Waals surface area (Å²) < 4.78 is 0. The van der Waals surface area contributed by atoms with Gasteiger partial charge in [0.2, 0.25) is 0 Å². The fraction of sp³-hybridized carbons (Fsp3) is 0.278. The Bertz CT molecular complexity index is 554. The van der Waals surface area contributed by atoms with E-state index >= 15 is 0 Å². The lowest BCUT2D eigenvalue weighted by atomic mass is 10.1. The van der Waals surface area contributed by atoms with Crippen LogP contribution in [-0.2, 0) is 6.42 Å². The molecule has 2 aromatic carbocycles. The van der Waals surface area contributed by atoms with Gasteiger partial charge in [-0.1, -0.05) is 60.7 Å². The van der Waals surface area contributed by atoms with E-state index in [4.69, 9.17) is 0 Å². The van der Waals surface area contributed by atoms with Gasteiger partial charge >= 0.3 is 6.03 Å². The molecule has 21 heavy (non-hydrogen) atoms. The van der Waals surface area contributed by atoms with E-state index in [-0.39, 0.29) is 18.1 Å². The average molecular weight is 282 g/mol. The van der Waals surface area contributed by atoms with Crippen molar-refractivity contribution in [2.45, 2.75) is 32.4 Å². The SMILES string of the molecule is CC(Cc1ccccc1)NC(=O)NC(C)c1ccccc1. The van der Waals surface area contributed by atoms with Gasteiger partial charge in [0.25, 0.3) is 0 Å². The third kappa shape index (κ3) is 4.95. The summed E-state index contributed by atoms with van der Waals surface area (Å²) in [6, 6.07) is 20.1. The number of hydrogen-bond donors (Lipinski definition) is 2. The molecule has 2 aromatic rings. The smallest absolute Gasteiger partial charge is 0.315 e. The van der Waals surface area contributed by atoms with Crippen LogP contribution in [0.5, 0.6) is 0 Å². The number of nitrogens with one attached hydrogen (secondary N) is 2. The van der Waals surface area contributed by atoms with Gasteiger partial charge in [-0.2, -0.15) is 0 Å². The molecule has 0 bridgehead atoms. The number of carbonyl (C=O) groups excluding carboxylic acids is 1. The van der Waals surface area contributed by atoms with Crippen molar-refractivity contribution in [2.24, 2.45) is 0 Å². The van der Waals surface area contributed by atoms with Gasteiger partial charge in [0.05, 0.1) is 6.04 Å². The third-order valence-corrected chi connectivity index (χ3v) is 3.41. The van der Waals surface area contributed by atoms with E-state index in [1.54, 1.807) is 0 Å². The van der Waals surface area contributed by atoms with Gasteiger partial charge in [-0.3, -0.25) is 0 Å². The highest BCUT2D eigenvalue weighted by atomic mass is 16.2. The number of benzene rings is 2. The Morgan fingerprint density at radius 2 is 1.48 bits per heavy atom. The first-order chi connectivity index (χ1) is 10.1. The zero-order valence-electron chi connectivity index (χ0n) is 12.5. The third-order valence-electron chi connectivity index (χ3n) is 3.41. The highest BCUT2D eigenvalue weighted by Gasteiger charge is 2.11. The molecule has 0 aromatic heterocycles. The van der Waals surface area contributed by atoms with Crippen LogP contribution in [0, 0.1) is 0 Å². The summed E-state index contributed by atoms with van der Waals surface area (Å²) in [5.41, 5.74) is 2.32. The van der Waals surface area contributed by atoms with Gasteiger partial charge in [0, 0.05) is 6.04 Å². The number of carbonyl (C=O) groups is 1. The molecule has 110 valence electrons. The van der Waals surface area contributed by atoms with Gasteiger partial charge in [-0.15, -0.1) is 0 Å². The molecule has 3 nitrogen and oxygen atoms in total. The standard InChI is InChI=1S/C18H22N2O/c1-14(13-16-9-5-3-6-10-16)19-18(21)20-15(2)17-11-7-4-8-12-17/h3-12,14-15H,13H2,1-2H3,(H2,19,20,21). The first-order valence-electron chi connectivity index (χ1n) is 7.31. The molecule has 3 heteroatoms. The van der Waals surface area contributed by atoms with Crippen LogP contribution < -0.4 is 10.6 Å². The van der Waals surface area contributed by atoms with Gasteiger partial charge in [0.15, 0.2) is 0 Å². The summed E-state index contributed by atoms with van der Waals surface area (Å²) in [6.45, 7) is 4.00. The van der Waals surface area contributed by atoms with Crippen LogP contribution in [0.2, 0.25) is 0 Å². The van der Waals surface area contributed by atoms with Gasteiger partial charge in [0.1, 0.15) is 0 Å². The Morgan fingerprint density at radius 1 is 0.905 bits per heavy atom. The Morgan fingerprint density at radius 3 is 2.10 bits per heavy atom. The minimum atomic E-state index is -0.130. The molecule has 2 unspecified atom stereocenters. The van der Waals surface area contributed by atoms with E-state index in [0.717, 1.165) is 12.0 Å². The van der Waals surface area contributed by atoms with Crippen LogP contribution in [0.4, 0.5) is 4.79 Å². The summed E-state index contributed by atoms with van der Waals surface area (Å²) in [5, 5.41) is 5.94. The minimum absolute atomic E-state index is 0.00451. The Kier molecular flexibility index (Phi) is 5.38. The maximum atomic E-state index is 12.0. The Hall–Kier alpha value is -2.29. The zero-order valence-corrected chi connectivity index (χ0v) is 12.5. The minimum Gasteiger partial charge on any atom is -0.335 e. The molecule has 0 aliphatic heterocycles. The predicted octanol–water partition coefficient (Wildman–Crippen LogP) is 3.68. The summed E-state index contributed by atoms with van der Waals surface area (Å²) >= 11 is 0. The molecule has 0 spiro atoms. The molecule has 2 N–H and O–H groups in total. The highest BCUT2D eigenvalue weighted by molar-refractivity contribution is 5.74. The monoisotopic (exact) mass is 282 g/mol. The molecule has 2 atom stereocenters. The number of amides is 2. The van der Waals surface area contributed by atoms with Crippen molar-refractivity contribution in [1.29, 1.82) is 0 Å². The lowest BCUT2D eigenvalue weighted by Gasteiger charge is -2.18. The van der Waals surface area contributed by atoms with Crippen LogP contribution in [-0.4, -0.2) is 12.1 Å². The topological polar surface area (TPSA) is 41.1 Å². The van der Waals surface area contributed by atoms with E-state index in [1.807, 2.05) is 62.4 Å². The molecular weight excluding hydrogens is 260 g/mol. The van der Waals surface area contributed by atoms with Crippen LogP contribution in [0.25, 0.3) is 0 Å². The zero-order chi connectivity index (χ0) is 15.1. The Labute approximate surface area is 126 Å². The van der Waals surface area contributed by atoms with E-state index in [9.17, 15) is 4.79 Å². The molecule has 2 rings (SSSR count). The van der Waals surface area contributed by atoms with Crippen molar-refractivity contribution < 1.29 is 4.79 Å².